The van der Waals surface area contributed by atoms with Crippen LogP contribution in [-0.2, 0) is 9.59 Å². The van der Waals surface area contributed by atoms with Crippen molar-refractivity contribution < 1.29 is 9.59 Å². The Bertz CT molecular complexity index is 652. The Morgan fingerprint density at radius 1 is 1.27 bits per heavy atom. The maximum atomic E-state index is 13.3. The largest absolute Gasteiger partial charge is 0.311 e. The zero-order valence-electron chi connectivity index (χ0n) is 16.9. The summed E-state index contributed by atoms with van der Waals surface area (Å²) in [6.45, 7) is 11.1. The van der Waals surface area contributed by atoms with Crippen LogP contribution in [0.15, 0.2) is 16.1 Å². The number of ketones is 1. The van der Waals surface area contributed by atoms with Crippen LogP contribution in [0.4, 0.5) is 0 Å². The maximum absolute atomic E-state index is 13.3. The zero-order chi connectivity index (χ0) is 19.1. The number of carbonyl (C=O) groups excluding carboxylic acids is 2. The molecule has 1 amide bonds. The highest BCUT2D eigenvalue weighted by Gasteiger charge is 2.49. The van der Waals surface area contributed by atoms with E-state index in [1.165, 1.54) is 5.57 Å². The number of nitrogens with one attached hydrogen (secondary N) is 1. The molecule has 0 aromatic carbocycles. The van der Waals surface area contributed by atoms with Crippen LogP contribution in [0.5, 0.6) is 0 Å². The van der Waals surface area contributed by atoms with Crippen molar-refractivity contribution in [2.45, 2.75) is 53.4 Å². The average Bonchev–Trinajstić information content (AvgIpc) is 3.06. The Labute approximate surface area is 157 Å². The molecule has 1 saturated heterocycles. The molecule has 3 rings (SSSR count). The van der Waals surface area contributed by atoms with Gasteiger partial charge in [-0.25, -0.2) is 0 Å². The number of rotatable bonds is 4. The van der Waals surface area contributed by atoms with Crippen molar-refractivity contribution in [3.05, 3.63) is 11.1 Å². The van der Waals surface area contributed by atoms with Gasteiger partial charge in [-0.05, 0) is 61.9 Å². The van der Waals surface area contributed by atoms with E-state index >= 15 is 0 Å². The van der Waals surface area contributed by atoms with Gasteiger partial charge in [0.1, 0.15) is 11.6 Å². The van der Waals surface area contributed by atoms with Crippen molar-refractivity contribution in [3.8, 4) is 0 Å². The van der Waals surface area contributed by atoms with Crippen LogP contribution >= 0.6 is 0 Å². The van der Waals surface area contributed by atoms with Gasteiger partial charge in [-0.15, -0.1) is 0 Å². The quantitative estimate of drug-likeness (QED) is 0.839. The highest BCUT2D eigenvalue weighted by atomic mass is 16.1. The number of likely N-dealkylation sites (tertiary alicyclic amines) is 1. The van der Waals surface area contributed by atoms with E-state index in [2.05, 4.69) is 36.1 Å². The lowest BCUT2D eigenvalue weighted by molar-refractivity contribution is -0.130. The van der Waals surface area contributed by atoms with Gasteiger partial charge in [0.25, 0.3) is 0 Å². The van der Waals surface area contributed by atoms with E-state index in [1.54, 1.807) is 0 Å². The number of piperidine rings is 1. The third-order valence-electron chi connectivity index (χ3n) is 6.42. The summed E-state index contributed by atoms with van der Waals surface area (Å²) in [5.74, 6) is 1.70. The lowest BCUT2D eigenvalue weighted by Gasteiger charge is -2.34. The minimum Gasteiger partial charge on any atom is -0.311 e. The van der Waals surface area contributed by atoms with Crippen molar-refractivity contribution >= 4 is 17.5 Å². The smallest absolute Gasteiger partial charge is 0.225 e. The summed E-state index contributed by atoms with van der Waals surface area (Å²) in [5, 5.41) is 3.00. The zero-order valence-corrected chi connectivity index (χ0v) is 16.9. The second-order valence-corrected chi connectivity index (χ2v) is 9.23. The van der Waals surface area contributed by atoms with Crippen molar-refractivity contribution in [2.24, 2.45) is 28.2 Å². The summed E-state index contributed by atoms with van der Waals surface area (Å²) in [6.07, 6.45) is 3.18. The molecule has 1 N–H and O–H groups in total. The van der Waals surface area contributed by atoms with E-state index < -0.39 is 0 Å². The molecule has 1 atom stereocenters. The number of hydrogen-bond donors (Lipinski definition) is 1. The Morgan fingerprint density at radius 2 is 1.92 bits per heavy atom. The van der Waals surface area contributed by atoms with Crippen molar-refractivity contribution in [2.75, 3.05) is 26.7 Å². The van der Waals surface area contributed by atoms with E-state index in [0.29, 0.717) is 24.7 Å². The van der Waals surface area contributed by atoms with E-state index in [-0.39, 0.29) is 23.2 Å². The third kappa shape index (κ3) is 3.64. The van der Waals surface area contributed by atoms with Crippen LogP contribution in [0.3, 0.4) is 0 Å². The number of aliphatic imine (C=N–C) groups is 1. The normalized spacial score (nSPS) is 26.2. The Hall–Kier alpha value is -1.49. The third-order valence-corrected chi connectivity index (χ3v) is 6.42. The van der Waals surface area contributed by atoms with Crippen molar-refractivity contribution in [3.63, 3.8) is 0 Å². The SMILES string of the molecule is CC(C)CC(=O)NC1=NCC2=C1CC(C(=O)C1CCN(C)CC1)C2(C)C. The minimum absolute atomic E-state index is 0.0217. The molecule has 1 aliphatic carbocycles. The molecule has 0 bridgehead atoms. The average molecular weight is 360 g/mol. The van der Waals surface area contributed by atoms with Crippen LogP contribution in [-0.4, -0.2) is 49.1 Å². The van der Waals surface area contributed by atoms with Gasteiger partial charge in [0.2, 0.25) is 5.91 Å². The number of amides is 1. The monoisotopic (exact) mass is 359 g/mol. The van der Waals surface area contributed by atoms with Gasteiger partial charge in [0, 0.05) is 18.3 Å². The van der Waals surface area contributed by atoms with Gasteiger partial charge in [0.15, 0.2) is 0 Å². The van der Waals surface area contributed by atoms with E-state index in [9.17, 15) is 9.59 Å². The van der Waals surface area contributed by atoms with Crippen LogP contribution < -0.4 is 5.32 Å². The summed E-state index contributed by atoms with van der Waals surface area (Å²) < 4.78 is 0. The fraction of sp³-hybridized carbons (Fsp3) is 0.762. The second kappa shape index (κ2) is 7.26. The first-order valence-corrected chi connectivity index (χ1v) is 9.99. The molecule has 1 unspecified atom stereocenters. The number of carbonyl (C=O) groups is 2. The predicted molar refractivity (Wildman–Crippen MR) is 104 cm³/mol. The first-order chi connectivity index (χ1) is 12.2. The summed E-state index contributed by atoms with van der Waals surface area (Å²) >= 11 is 0. The summed E-state index contributed by atoms with van der Waals surface area (Å²) in [5.41, 5.74) is 2.21. The fourth-order valence-electron chi connectivity index (χ4n) is 4.68. The molecule has 26 heavy (non-hydrogen) atoms. The standard InChI is InChI=1S/C21H33N3O2/c1-13(2)10-18(25)23-20-15-11-16(21(3,4)17(15)12-22-20)19(26)14-6-8-24(5)9-7-14/h13-14,16H,6-12H2,1-5H3,(H,22,23,25). The summed E-state index contributed by atoms with van der Waals surface area (Å²) in [6, 6.07) is 0. The molecule has 0 saturated carbocycles. The lowest BCUT2D eigenvalue weighted by atomic mass is 9.71. The Morgan fingerprint density at radius 3 is 2.54 bits per heavy atom. The summed E-state index contributed by atoms with van der Waals surface area (Å²) in [7, 11) is 2.12. The van der Waals surface area contributed by atoms with Crippen LogP contribution in [0.1, 0.15) is 53.4 Å². The second-order valence-electron chi connectivity index (χ2n) is 9.23. The summed E-state index contributed by atoms with van der Waals surface area (Å²) in [4.78, 5) is 32.3. The molecular formula is C21H33N3O2. The Kier molecular flexibility index (Phi) is 5.38. The van der Waals surface area contributed by atoms with Gasteiger partial charge >= 0.3 is 0 Å². The van der Waals surface area contributed by atoms with Crippen molar-refractivity contribution in [1.82, 2.24) is 10.2 Å². The molecular weight excluding hydrogens is 326 g/mol. The van der Waals surface area contributed by atoms with Crippen LogP contribution in [0.2, 0.25) is 0 Å². The maximum Gasteiger partial charge on any atom is 0.225 e. The number of nitrogens with zero attached hydrogens (tertiary/aromatic N) is 2. The molecule has 1 fully saturated rings. The van der Waals surface area contributed by atoms with Crippen molar-refractivity contribution in [1.29, 1.82) is 0 Å². The van der Waals surface area contributed by atoms with E-state index in [1.807, 2.05) is 13.8 Å². The molecule has 2 heterocycles. The molecule has 2 aliphatic heterocycles. The van der Waals surface area contributed by atoms with Gasteiger partial charge in [0.05, 0.1) is 6.54 Å². The fourth-order valence-corrected chi connectivity index (χ4v) is 4.68. The molecule has 0 aromatic rings. The highest BCUT2D eigenvalue weighted by molar-refractivity contribution is 6.10. The van der Waals surface area contributed by atoms with Crippen LogP contribution in [0, 0.1) is 23.2 Å². The molecule has 0 aromatic heterocycles. The van der Waals surface area contributed by atoms with Gasteiger partial charge < -0.3 is 10.2 Å². The molecule has 3 aliphatic rings. The van der Waals surface area contributed by atoms with E-state index in [0.717, 1.165) is 43.8 Å². The molecule has 5 heteroatoms. The van der Waals surface area contributed by atoms with Gasteiger partial charge in [-0.2, -0.15) is 0 Å². The topological polar surface area (TPSA) is 61.8 Å². The van der Waals surface area contributed by atoms with Gasteiger partial charge in [-0.1, -0.05) is 27.7 Å². The molecule has 0 spiro atoms. The minimum atomic E-state index is -0.163. The number of Topliss-reactive ketones (excluding diaryl/α,β-unsaturated/α-hetero) is 1. The number of hydrogen-bond acceptors (Lipinski definition) is 4. The molecule has 5 nitrogen and oxygen atoms in total. The predicted octanol–water partition coefficient (Wildman–Crippen LogP) is 2.81. The highest BCUT2D eigenvalue weighted by Crippen LogP contribution is 2.50. The lowest BCUT2D eigenvalue weighted by Crippen LogP contribution is -2.39. The van der Waals surface area contributed by atoms with Crippen LogP contribution in [0.25, 0.3) is 0 Å². The first-order valence-electron chi connectivity index (χ1n) is 9.99. The number of amidine groups is 1. The first kappa shape index (κ1) is 19.3. The molecule has 0 radical (unpaired) electrons. The van der Waals surface area contributed by atoms with Gasteiger partial charge in [-0.3, -0.25) is 14.6 Å². The van der Waals surface area contributed by atoms with E-state index in [4.69, 9.17) is 0 Å². The Balaban J connectivity index is 1.70. The molecule has 144 valence electrons.